The number of carboxylic acids is 1. The van der Waals surface area contributed by atoms with Crippen molar-refractivity contribution in [2.24, 2.45) is 5.92 Å². The molecule has 1 saturated heterocycles. The van der Waals surface area contributed by atoms with Gasteiger partial charge in [0.2, 0.25) is 5.43 Å². The Morgan fingerprint density at radius 2 is 1.89 bits per heavy atom. The van der Waals surface area contributed by atoms with Crippen molar-refractivity contribution in [1.82, 2.24) is 4.57 Å². The third-order valence-electron chi connectivity index (χ3n) is 6.06. The van der Waals surface area contributed by atoms with Gasteiger partial charge >= 0.3 is 5.97 Å². The van der Waals surface area contributed by atoms with Crippen molar-refractivity contribution < 1.29 is 9.90 Å². The number of carbonyl (C=O) groups is 1. The van der Waals surface area contributed by atoms with E-state index in [9.17, 15) is 14.7 Å². The molecular formula is C21H27N3O3. The molecule has 27 heavy (non-hydrogen) atoms. The van der Waals surface area contributed by atoms with Gasteiger partial charge in [-0.3, -0.25) is 4.79 Å². The molecular weight excluding hydrogens is 342 g/mol. The molecule has 0 atom stereocenters. The van der Waals surface area contributed by atoms with Crippen LogP contribution in [0.2, 0.25) is 0 Å². The highest BCUT2D eigenvalue weighted by Crippen LogP contribution is 2.42. The summed E-state index contributed by atoms with van der Waals surface area (Å²) in [5.74, 6) is -0.420. The molecule has 0 spiro atoms. The fraction of sp³-hybridized carbons (Fsp3) is 0.524. The Hall–Kier alpha value is -2.50. The second kappa shape index (κ2) is 6.59. The highest BCUT2D eigenvalue weighted by atomic mass is 16.4. The maximum absolute atomic E-state index is 12.9. The van der Waals surface area contributed by atoms with Gasteiger partial charge in [0.25, 0.3) is 0 Å². The number of aromatic nitrogens is 1. The van der Waals surface area contributed by atoms with Gasteiger partial charge in [-0.15, -0.1) is 0 Å². The molecule has 0 bridgehead atoms. The zero-order chi connectivity index (χ0) is 19.3. The van der Waals surface area contributed by atoms with Crippen LogP contribution >= 0.6 is 0 Å². The van der Waals surface area contributed by atoms with Crippen LogP contribution in [0, 0.1) is 12.8 Å². The quantitative estimate of drug-likeness (QED) is 0.861. The van der Waals surface area contributed by atoms with Crippen molar-refractivity contribution in [2.45, 2.75) is 45.6 Å². The molecule has 6 nitrogen and oxygen atoms in total. The smallest absolute Gasteiger partial charge is 0.341 e. The minimum atomic E-state index is -1.16. The Kier molecular flexibility index (Phi) is 4.36. The fourth-order valence-corrected chi connectivity index (χ4v) is 4.33. The van der Waals surface area contributed by atoms with Crippen molar-refractivity contribution in [1.29, 1.82) is 0 Å². The van der Waals surface area contributed by atoms with E-state index in [-0.39, 0.29) is 5.56 Å². The van der Waals surface area contributed by atoms with Gasteiger partial charge in [0.1, 0.15) is 5.56 Å². The summed E-state index contributed by atoms with van der Waals surface area (Å²) in [4.78, 5) is 26.9. The van der Waals surface area contributed by atoms with Gasteiger partial charge in [-0.05, 0) is 50.2 Å². The monoisotopic (exact) mass is 369 g/mol. The maximum Gasteiger partial charge on any atom is 0.341 e. The van der Waals surface area contributed by atoms with Crippen molar-refractivity contribution in [3.63, 3.8) is 0 Å². The van der Waals surface area contributed by atoms with E-state index in [1.54, 1.807) is 6.20 Å². The Morgan fingerprint density at radius 3 is 2.44 bits per heavy atom. The first kappa shape index (κ1) is 17.9. The minimum Gasteiger partial charge on any atom is -0.477 e. The first-order valence-corrected chi connectivity index (χ1v) is 9.80. The van der Waals surface area contributed by atoms with E-state index in [1.807, 2.05) is 17.7 Å². The number of carboxylic acid groups (broad SMARTS) is 1. The van der Waals surface area contributed by atoms with Crippen molar-refractivity contribution in [3.05, 3.63) is 33.6 Å². The topological polar surface area (TPSA) is 74.6 Å². The molecule has 2 fully saturated rings. The van der Waals surface area contributed by atoms with Gasteiger partial charge in [-0.1, -0.05) is 6.92 Å². The lowest BCUT2D eigenvalue weighted by molar-refractivity contribution is 0.0695. The zero-order valence-corrected chi connectivity index (χ0v) is 16.2. The average Bonchev–Trinajstić information content (AvgIpc) is 3.48. The number of pyridine rings is 1. The summed E-state index contributed by atoms with van der Waals surface area (Å²) in [6, 6.07) is 2.14. The molecule has 2 aliphatic rings. The Bertz CT molecular complexity index is 967. The van der Waals surface area contributed by atoms with Crippen LogP contribution in [-0.2, 0) is 0 Å². The van der Waals surface area contributed by atoms with E-state index < -0.39 is 11.4 Å². The lowest BCUT2D eigenvalue weighted by Gasteiger charge is -2.35. The van der Waals surface area contributed by atoms with Gasteiger partial charge in [0.05, 0.1) is 16.9 Å². The first-order chi connectivity index (χ1) is 12.9. The molecule has 1 aromatic carbocycles. The SMILES string of the molecule is CNc1cc2c(=O)c(C(=O)O)cn(C3CC3)c2c(C)c1N1CCC(C)CC1. The summed E-state index contributed by atoms with van der Waals surface area (Å²) in [5.41, 5.74) is 3.46. The summed E-state index contributed by atoms with van der Waals surface area (Å²) in [6.07, 6.45) is 5.93. The molecule has 1 saturated carbocycles. The van der Waals surface area contributed by atoms with Crippen LogP contribution < -0.4 is 15.6 Å². The van der Waals surface area contributed by atoms with E-state index in [0.717, 1.165) is 67.1 Å². The van der Waals surface area contributed by atoms with Crippen LogP contribution in [0.25, 0.3) is 10.9 Å². The fourth-order valence-electron chi connectivity index (χ4n) is 4.33. The highest BCUT2D eigenvalue weighted by Gasteiger charge is 2.30. The lowest BCUT2D eigenvalue weighted by Crippen LogP contribution is -2.34. The van der Waals surface area contributed by atoms with Crippen LogP contribution in [-0.4, -0.2) is 35.8 Å². The number of aryl methyl sites for hydroxylation is 1. The van der Waals surface area contributed by atoms with Gasteiger partial charge in [0.15, 0.2) is 0 Å². The normalized spacial score (nSPS) is 18.1. The summed E-state index contributed by atoms with van der Waals surface area (Å²) in [7, 11) is 1.86. The van der Waals surface area contributed by atoms with Crippen LogP contribution in [0.5, 0.6) is 0 Å². The average molecular weight is 369 g/mol. The van der Waals surface area contributed by atoms with E-state index in [2.05, 4.69) is 24.1 Å². The molecule has 2 N–H and O–H groups in total. The molecule has 2 heterocycles. The number of benzene rings is 1. The number of fused-ring (bicyclic) bond motifs is 1. The molecule has 0 radical (unpaired) electrons. The molecule has 0 amide bonds. The Labute approximate surface area is 158 Å². The number of rotatable bonds is 4. The van der Waals surface area contributed by atoms with Crippen LogP contribution in [0.3, 0.4) is 0 Å². The number of nitrogens with zero attached hydrogens (tertiary/aromatic N) is 2. The molecule has 144 valence electrons. The van der Waals surface area contributed by atoms with E-state index in [1.165, 1.54) is 0 Å². The first-order valence-electron chi connectivity index (χ1n) is 9.80. The van der Waals surface area contributed by atoms with Crippen molar-refractivity contribution in [2.75, 3.05) is 30.4 Å². The molecule has 2 aromatic rings. The molecule has 0 unspecified atom stereocenters. The number of nitrogens with one attached hydrogen (secondary N) is 1. The second-order valence-corrected chi connectivity index (χ2v) is 8.03. The number of hydrogen-bond acceptors (Lipinski definition) is 4. The number of piperidine rings is 1. The summed E-state index contributed by atoms with van der Waals surface area (Å²) < 4.78 is 2.03. The predicted molar refractivity (Wildman–Crippen MR) is 108 cm³/mol. The summed E-state index contributed by atoms with van der Waals surface area (Å²) in [6.45, 7) is 6.36. The minimum absolute atomic E-state index is 0.143. The second-order valence-electron chi connectivity index (χ2n) is 8.03. The number of hydrogen-bond donors (Lipinski definition) is 2. The largest absolute Gasteiger partial charge is 0.477 e. The molecule has 4 rings (SSSR count). The van der Waals surface area contributed by atoms with Crippen molar-refractivity contribution in [3.8, 4) is 0 Å². The van der Waals surface area contributed by atoms with E-state index >= 15 is 0 Å². The summed E-state index contributed by atoms with van der Waals surface area (Å²) in [5, 5.41) is 13.2. The van der Waals surface area contributed by atoms with Gasteiger partial charge in [0, 0.05) is 37.8 Å². The molecule has 6 heteroatoms. The van der Waals surface area contributed by atoms with Gasteiger partial charge < -0.3 is 19.9 Å². The van der Waals surface area contributed by atoms with Gasteiger partial charge in [-0.25, -0.2) is 4.79 Å². The van der Waals surface area contributed by atoms with Gasteiger partial charge in [-0.2, -0.15) is 0 Å². The zero-order valence-electron chi connectivity index (χ0n) is 16.2. The van der Waals surface area contributed by atoms with Crippen molar-refractivity contribution >= 4 is 28.2 Å². The maximum atomic E-state index is 12.9. The standard InChI is InChI=1S/C21H27N3O3/c1-12-6-8-23(9-7-12)19-13(2)18-15(10-17(19)22-3)20(25)16(21(26)27)11-24(18)14-4-5-14/h10-12,14,22H,4-9H2,1-3H3,(H,26,27). The van der Waals surface area contributed by atoms with E-state index in [4.69, 9.17) is 0 Å². The molecule has 1 aliphatic carbocycles. The van der Waals surface area contributed by atoms with Crippen LogP contribution in [0.15, 0.2) is 17.1 Å². The highest BCUT2D eigenvalue weighted by molar-refractivity contribution is 5.98. The molecule has 1 aromatic heterocycles. The number of aromatic carboxylic acids is 1. The van der Waals surface area contributed by atoms with Crippen LogP contribution in [0.4, 0.5) is 11.4 Å². The predicted octanol–water partition coefficient (Wildman–Crippen LogP) is 3.62. The lowest BCUT2D eigenvalue weighted by atomic mass is 9.96. The summed E-state index contributed by atoms with van der Waals surface area (Å²) >= 11 is 0. The number of anilines is 2. The third kappa shape index (κ3) is 2.97. The Balaban J connectivity index is 1.99. The molecule has 1 aliphatic heterocycles. The third-order valence-corrected chi connectivity index (χ3v) is 6.06. The Morgan fingerprint density at radius 1 is 1.22 bits per heavy atom. The van der Waals surface area contributed by atoms with E-state index in [0.29, 0.717) is 11.4 Å². The van der Waals surface area contributed by atoms with Crippen LogP contribution in [0.1, 0.15) is 54.6 Å².